The molecule has 2 aromatic carbocycles. The van der Waals surface area contributed by atoms with Gasteiger partial charge in [0.05, 0.1) is 41.1 Å². The maximum atomic E-state index is 13.4. The van der Waals surface area contributed by atoms with E-state index in [0.29, 0.717) is 39.0 Å². The van der Waals surface area contributed by atoms with Crippen LogP contribution in [0.5, 0.6) is 11.5 Å². The summed E-state index contributed by atoms with van der Waals surface area (Å²) in [5, 5.41) is 1.00. The Bertz CT molecular complexity index is 1210. The molecule has 176 valence electrons. The SMILES string of the molecule is CCOc1cc(/C=C2/SC(=Nc3ccccc3)N(Cc3ccco3)C2=O)cc(Cl)c1OC(C)C. The average molecular weight is 497 g/mol. The lowest BCUT2D eigenvalue weighted by Crippen LogP contribution is -2.28. The molecule has 1 fully saturated rings. The largest absolute Gasteiger partial charge is 0.490 e. The molecule has 0 N–H and O–H groups in total. The number of nitrogens with zero attached hydrogens (tertiary/aromatic N) is 2. The Balaban J connectivity index is 1.70. The summed E-state index contributed by atoms with van der Waals surface area (Å²) in [7, 11) is 0. The van der Waals surface area contributed by atoms with Crippen LogP contribution in [0.25, 0.3) is 6.08 Å². The smallest absolute Gasteiger partial charge is 0.267 e. The number of furan rings is 1. The molecule has 1 amide bonds. The number of thioether (sulfide) groups is 1. The first kappa shape index (κ1) is 24.0. The highest BCUT2D eigenvalue weighted by molar-refractivity contribution is 8.18. The molecule has 0 aliphatic carbocycles. The van der Waals surface area contributed by atoms with E-state index in [-0.39, 0.29) is 18.6 Å². The average Bonchev–Trinajstić information content (AvgIpc) is 3.41. The number of ether oxygens (including phenoxy) is 2. The molecule has 6 nitrogen and oxygen atoms in total. The van der Waals surface area contributed by atoms with E-state index in [2.05, 4.69) is 0 Å². The van der Waals surface area contributed by atoms with Crippen LogP contribution in [0, 0.1) is 0 Å². The number of aliphatic imine (C=N–C) groups is 1. The second-order valence-electron chi connectivity index (χ2n) is 7.74. The van der Waals surface area contributed by atoms with Crippen LogP contribution in [-0.2, 0) is 11.3 Å². The van der Waals surface area contributed by atoms with E-state index < -0.39 is 0 Å². The minimum Gasteiger partial charge on any atom is -0.490 e. The standard InChI is InChI=1S/C26H25ClN2O4S/c1-4-31-22-14-18(13-21(27)24(22)33-17(2)3)15-23-25(30)29(16-20-11-8-12-32-20)26(34-23)28-19-9-6-5-7-10-19/h5-15,17H,4,16H2,1-3H3/b23-15+,28-26?. The molecule has 0 saturated carbocycles. The second kappa shape index (κ2) is 10.8. The van der Waals surface area contributed by atoms with Crippen LogP contribution in [0.15, 0.2) is 75.2 Å². The molecule has 8 heteroatoms. The lowest BCUT2D eigenvalue weighted by atomic mass is 10.1. The third-order valence-corrected chi connectivity index (χ3v) is 6.03. The molecule has 0 radical (unpaired) electrons. The first-order chi connectivity index (χ1) is 16.4. The Morgan fingerprint density at radius 1 is 1.18 bits per heavy atom. The number of carbonyl (C=O) groups is 1. The molecule has 3 aromatic rings. The number of amidine groups is 1. The molecule has 1 saturated heterocycles. The van der Waals surface area contributed by atoms with E-state index in [9.17, 15) is 4.79 Å². The van der Waals surface area contributed by atoms with Crippen molar-refractivity contribution in [2.75, 3.05) is 6.61 Å². The Hall–Kier alpha value is -3.16. The molecule has 0 unspecified atom stereocenters. The van der Waals surface area contributed by atoms with E-state index in [1.165, 1.54) is 11.8 Å². The number of para-hydroxylation sites is 1. The summed E-state index contributed by atoms with van der Waals surface area (Å²) in [6, 6.07) is 16.8. The van der Waals surface area contributed by atoms with Crippen LogP contribution >= 0.6 is 23.4 Å². The fourth-order valence-electron chi connectivity index (χ4n) is 3.34. The Morgan fingerprint density at radius 3 is 2.65 bits per heavy atom. The minimum atomic E-state index is -0.160. The van der Waals surface area contributed by atoms with Crippen molar-refractivity contribution in [3.63, 3.8) is 0 Å². The van der Waals surface area contributed by atoms with Crippen molar-refractivity contribution in [3.05, 3.63) is 82.1 Å². The van der Waals surface area contributed by atoms with E-state index in [4.69, 9.17) is 30.5 Å². The molecule has 2 heterocycles. The molecule has 0 atom stereocenters. The van der Waals surface area contributed by atoms with Gasteiger partial charge in [0.25, 0.3) is 5.91 Å². The van der Waals surface area contributed by atoms with Crippen LogP contribution < -0.4 is 9.47 Å². The van der Waals surface area contributed by atoms with Gasteiger partial charge in [0.15, 0.2) is 16.7 Å². The highest BCUT2D eigenvalue weighted by Crippen LogP contribution is 2.40. The number of rotatable bonds is 8. The molecule has 34 heavy (non-hydrogen) atoms. The van der Waals surface area contributed by atoms with Crippen LogP contribution in [0.4, 0.5) is 5.69 Å². The van der Waals surface area contributed by atoms with Gasteiger partial charge >= 0.3 is 0 Å². The van der Waals surface area contributed by atoms with Gasteiger partial charge in [0, 0.05) is 0 Å². The van der Waals surface area contributed by atoms with E-state index in [0.717, 1.165) is 11.3 Å². The number of amides is 1. The first-order valence-corrected chi connectivity index (χ1v) is 12.1. The zero-order chi connectivity index (χ0) is 24.1. The first-order valence-electron chi connectivity index (χ1n) is 10.9. The lowest BCUT2D eigenvalue weighted by molar-refractivity contribution is -0.122. The molecular formula is C26H25ClN2O4S. The fourth-order valence-corrected chi connectivity index (χ4v) is 4.60. The number of carbonyl (C=O) groups excluding carboxylic acids is 1. The van der Waals surface area contributed by atoms with Gasteiger partial charge in [0.1, 0.15) is 5.76 Å². The van der Waals surface area contributed by atoms with Crippen molar-refractivity contribution >= 4 is 46.2 Å². The zero-order valence-electron chi connectivity index (χ0n) is 19.2. The van der Waals surface area contributed by atoms with Crippen molar-refractivity contribution in [1.29, 1.82) is 0 Å². The van der Waals surface area contributed by atoms with Crippen molar-refractivity contribution < 1.29 is 18.7 Å². The molecule has 0 bridgehead atoms. The van der Waals surface area contributed by atoms with Gasteiger partial charge in [0.2, 0.25) is 0 Å². The maximum absolute atomic E-state index is 13.4. The third kappa shape index (κ3) is 5.66. The molecular weight excluding hydrogens is 472 g/mol. The summed E-state index contributed by atoms with van der Waals surface area (Å²) < 4.78 is 17.1. The molecule has 0 spiro atoms. The number of halogens is 1. The highest BCUT2D eigenvalue weighted by atomic mass is 35.5. The van der Waals surface area contributed by atoms with Gasteiger partial charge in [-0.2, -0.15) is 0 Å². The van der Waals surface area contributed by atoms with Crippen LogP contribution in [0.3, 0.4) is 0 Å². The van der Waals surface area contributed by atoms with Gasteiger partial charge in [-0.25, -0.2) is 4.99 Å². The highest BCUT2D eigenvalue weighted by Gasteiger charge is 2.34. The summed E-state index contributed by atoms with van der Waals surface area (Å²) in [5.41, 5.74) is 1.50. The Morgan fingerprint density at radius 2 is 1.97 bits per heavy atom. The summed E-state index contributed by atoms with van der Waals surface area (Å²) in [6.07, 6.45) is 3.33. The van der Waals surface area contributed by atoms with Gasteiger partial charge < -0.3 is 13.9 Å². The summed E-state index contributed by atoms with van der Waals surface area (Å²) in [4.78, 5) is 20.2. The van der Waals surface area contributed by atoms with Crippen molar-refractivity contribution in [1.82, 2.24) is 4.90 Å². The van der Waals surface area contributed by atoms with Crippen LogP contribution in [0.2, 0.25) is 5.02 Å². The van der Waals surface area contributed by atoms with E-state index >= 15 is 0 Å². The number of hydrogen-bond donors (Lipinski definition) is 0. The predicted octanol–water partition coefficient (Wildman–Crippen LogP) is 6.92. The maximum Gasteiger partial charge on any atom is 0.267 e. The lowest BCUT2D eigenvalue weighted by Gasteiger charge is -2.16. The fraction of sp³-hybridized carbons (Fsp3) is 0.231. The zero-order valence-corrected chi connectivity index (χ0v) is 20.7. The van der Waals surface area contributed by atoms with Crippen molar-refractivity contribution in [2.45, 2.75) is 33.4 Å². The Kier molecular flexibility index (Phi) is 7.65. The van der Waals surface area contributed by atoms with E-state index in [1.54, 1.807) is 29.4 Å². The minimum absolute atomic E-state index is 0.0557. The summed E-state index contributed by atoms with van der Waals surface area (Å²) in [5.74, 6) is 1.55. The van der Waals surface area contributed by atoms with Gasteiger partial charge in [-0.3, -0.25) is 9.69 Å². The van der Waals surface area contributed by atoms with Gasteiger partial charge in [-0.05, 0) is 80.6 Å². The van der Waals surface area contributed by atoms with Gasteiger partial charge in [-0.1, -0.05) is 29.8 Å². The van der Waals surface area contributed by atoms with E-state index in [1.807, 2.05) is 63.2 Å². The van der Waals surface area contributed by atoms with Crippen molar-refractivity contribution in [2.24, 2.45) is 4.99 Å². The monoisotopic (exact) mass is 496 g/mol. The summed E-state index contributed by atoms with van der Waals surface area (Å²) in [6.45, 7) is 6.50. The second-order valence-corrected chi connectivity index (χ2v) is 9.16. The molecule has 1 aliphatic rings. The van der Waals surface area contributed by atoms with Crippen molar-refractivity contribution in [3.8, 4) is 11.5 Å². The molecule has 4 rings (SSSR count). The van der Waals surface area contributed by atoms with Crippen LogP contribution in [-0.4, -0.2) is 28.7 Å². The quantitative estimate of drug-likeness (QED) is 0.316. The molecule has 1 aliphatic heterocycles. The number of benzene rings is 2. The third-order valence-electron chi connectivity index (χ3n) is 4.75. The predicted molar refractivity (Wildman–Crippen MR) is 137 cm³/mol. The topological polar surface area (TPSA) is 64.3 Å². The summed E-state index contributed by atoms with van der Waals surface area (Å²) >= 11 is 7.83. The Labute approximate surface area is 208 Å². The van der Waals surface area contributed by atoms with Crippen LogP contribution in [0.1, 0.15) is 32.1 Å². The number of hydrogen-bond acceptors (Lipinski definition) is 6. The van der Waals surface area contributed by atoms with Gasteiger partial charge in [-0.15, -0.1) is 0 Å². The normalized spacial score (nSPS) is 16.1. The molecule has 1 aromatic heterocycles.